The summed E-state index contributed by atoms with van der Waals surface area (Å²) in [4.78, 5) is 12.1. The number of hydrogen-bond donors (Lipinski definition) is 1. The number of carbonyl (C=O) groups is 1. The second-order valence-electron chi connectivity index (χ2n) is 5.19. The average molecular weight is 231 g/mol. The van der Waals surface area contributed by atoms with Crippen molar-refractivity contribution in [2.45, 2.75) is 38.6 Å². The minimum absolute atomic E-state index is 0.0713. The molecule has 0 aliphatic heterocycles. The van der Waals surface area contributed by atoms with Gasteiger partial charge in [-0.1, -0.05) is 56.5 Å². The second kappa shape index (κ2) is 5.46. The molecule has 2 atom stereocenters. The number of hydrogen-bond acceptors (Lipinski definition) is 2. The molecule has 2 rings (SSSR count). The molecular weight excluding hydrogens is 210 g/mol. The molecule has 0 heterocycles. The van der Waals surface area contributed by atoms with Crippen LogP contribution in [0.15, 0.2) is 30.3 Å². The Morgan fingerprint density at radius 1 is 1.35 bits per heavy atom. The third kappa shape index (κ3) is 2.95. The molecule has 1 fully saturated rings. The monoisotopic (exact) mass is 231 g/mol. The van der Waals surface area contributed by atoms with E-state index < -0.39 is 0 Å². The van der Waals surface area contributed by atoms with Gasteiger partial charge in [0.15, 0.2) is 0 Å². The van der Waals surface area contributed by atoms with E-state index in [4.69, 9.17) is 5.73 Å². The van der Waals surface area contributed by atoms with Gasteiger partial charge in [-0.05, 0) is 11.5 Å². The molecule has 1 aliphatic rings. The van der Waals surface area contributed by atoms with Crippen LogP contribution in [0.3, 0.4) is 0 Å². The van der Waals surface area contributed by atoms with Crippen molar-refractivity contribution in [1.29, 1.82) is 0 Å². The summed E-state index contributed by atoms with van der Waals surface area (Å²) in [5.41, 5.74) is 7.21. The molecule has 0 aromatic heterocycles. The van der Waals surface area contributed by atoms with E-state index in [1.165, 1.54) is 19.3 Å². The van der Waals surface area contributed by atoms with Crippen molar-refractivity contribution >= 4 is 5.78 Å². The first kappa shape index (κ1) is 12.3. The van der Waals surface area contributed by atoms with E-state index in [0.717, 1.165) is 12.0 Å². The fraction of sp³-hybridized carbons (Fsp3) is 0.533. The Morgan fingerprint density at radius 2 is 2.00 bits per heavy atom. The average Bonchev–Trinajstić information content (AvgIpc) is 2.32. The van der Waals surface area contributed by atoms with Crippen LogP contribution in [0.4, 0.5) is 0 Å². The van der Waals surface area contributed by atoms with E-state index in [9.17, 15) is 4.79 Å². The van der Waals surface area contributed by atoms with Gasteiger partial charge in [0.2, 0.25) is 0 Å². The predicted octanol–water partition coefficient (Wildman–Crippen LogP) is 3.08. The fourth-order valence-electron chi connectivity index (χ4n) is 2.33. The van der Waals surface area contributed by atoms with Gasteiger partial charge in [0.25, 0.3) is 0 Å². The molecule has 0 radical (unpaired) electrons. The molecule has 0 spiro atoms. The molecule has 1 aromatic rings. The molecule has 1 aliphatic carbocycles. The van der Waals surface area contributed by atoms with Gasteiger partial charge in [-0.2, -0.15) is 0 Å². The van der Waals surface area contributed by atoms with E-state index in [2.05, 4.69) is 0 Å². The van der Waals surface area contributed by atoms with E-state index in [0.29, 0.717) is 11.7 Å². The van der Waals surface area contributed by atoms with Crippen LogP contribution in [0.5, 0.6) is 0 Å². The number of nitrogens with two attached hydrogens (primary N) is 1. The maximum absolute atomic E-state index is 12.1. The maximum atomic E-state index is 12.1. The molecule has 0 bridgehead atoms. The lowest BCUT2D eigenvalue weighted by atomic mass is 9.78. The summed E-state index contributed by atoms with van der Waals surface area (Å²) in [5, 5.41) is 0. The van der Waals surface area contributed by atoms with Crippen molar-refractivity contribution < 1.29 is 4.79 Å². The first-order valence-electron chi connectivity index (χ1n) is 6.51. The van der Waals surface area contributed by atoms with E-state index in [1.807, 2.05) is 37.3 Å². The third-order valence-electron chi connectivity index (χ3n) is 3.95. The molecule has 0 amide bonds. The minimum Gasteiger partial charge on any atom is -0.323 e. The number of Topliss-reactive ketones (excluding diaryl/α,β-unsaturated/α-hetero) is 1. The number of rotatable bonds is 5. The van der Waals surface area contributed by atoms with Gasteiger partial charge in [-0.15, -0.1) is 0 Å². The molecule has 1 saturated carbocycles. The lowest BCUT2D eigenvalue weighted by Crippen LogP contribution is -2.28. The third-order valence-corrected chi connectivity index (χ3v) is 3.95. The number of carbonyl (C=O) groups excluding carboxylic acids is 1. The SMILES string of the molecule is CC(C(=O)CC1CCC1)C(N)c1ccccc1. The van der Waals surface area contributed by atoms with Crippen LogP contribution in [0.1, 0.15) is 44.2 Å². The summed E-state index contributed by atoms with van der Waals surface area (Å²) in [6, 6.07) is 9.74. The van der Waals surface area contributed by atoms with Crippen LogP contribution in [0.2, 0.25) is 0 Å². The van der Waals surface area contributed by atoms with Crippen molar-refractivity contribution in [3.05, 3.63) is 35.9 Å². The number of ketones is 1. The van der Waals surface area contributed by atoms with Gasteiger partial charge in [0.05, 0.1) is 0 Å². The smallest absolute Gasteiger partial charge is 0.137 e. The first-order chi connectivity index (χ1) is 8.18. The van der Waals surface area contributed by atoms with Crippen molar-refractivity contribution in [2.24, 2.45) is 17.6 Å². The molecule has 2 unspecified atom stereocenters. The summed E-state index contributed by atoms with van der Waals surface area (Å²) >= 11 is 0. The van der Waals surface area contributed by atoms with Gasteiger partial charge in [0.1, 0.15) is 5.78 Å². The van der Waals surface area contributed by atoms with Crippen molar-refractivity contribution in [3.8, 4) is 0 Å². The Morgan fingerprint density at radius 3 is 2.53 bits per heavy atom. The van der Waals surface area contributed by atoms with E-state index >= 15 is 0 Å². The van der Waals surface area contributed by atoms with Gasteiger partial charge < -0.3 is 5.73 Å². The van der Waals surface area contributed by atoms with E-state index in [1.54, 1.807) is 0 Å². The van der Waals surface area contributed by atoms with Crippen LogP contribution < -0.4 is 5.73 Å². The zero-order chi connectivity index (χ0) is 12.3. The quantitative estimate of drug-likeness (QED) is 0.846. The van der Waals surface area contributed by atoms with Crippen LogP contribution in [-0.2, 0) is 4.79 Å². The maximum Gasteiger partial charge on any atom is 0.137 e. The highest BCUT2D eigenvalue weighted by molar-refractivity contribution is 5.81. The Balaban J connectivity index is 1.94. The molecule has 2 N–H and O–H groups in total. The summed E-state index contributed by atoms with van der Waals surface area (Å²) < 4.78 is 0. The Bertz CT molecular complexity index is 370. The Kier molecular flexibility index (Phi) is 3.95. The van der Waals surface area contributed by atoms with Crippen molar-refractivity contribution in [2.75, 3.05) is 0 Å². The van der Waals surface area contributed by atoms with Gasteiger partial charge in [-0.3, -0.25) is 4.79 Å². The van der Waals surface area contributed by atoms with Gasteiger partial charge in [-0.25, -0.2) is 0 Å². The molecule has 92 valence electrons. The first-order valence-corrected chi connectivity index (χ1v) is 6.51. The van der Waals surface area contributed by atoms with Crippen LogP contribution in [0.25, 0.3) is 0 Å². The van der Waals surface area contributed by atoms with Crippen LogP contribution >= 0.6 is 0 Å². The van der Waals surface area contributed by atoms with Gasteiger partial charge in [0, 0.05) is 18.4 Å². The largest absolute Gasteiger partial charge is 0.323 e. The van der Waals surface area contributed by atoms with Gasteiger partial charge >= 0.3 is 0 Å². The topological polar surface area (TPSA) is 43.1 Å². The second-order valence-corrected chi connectivity index (χ2v) is 5.19. The highest BCUT2D eigenvalue weighted by Crippen LogP contribution is 2.32. The molecule has 0 saturated heterocycles. The van der Waals surface area contributed by atoms with E-state index in [-0.39, 0.29) is 12.0 Å². The highest BCUT2D eigenvalue weighted by Gasteiger charge is 2.27. The van der Waals surface area contributed by atoms with Crippen LogP contribution in [0, 0.1) is 11.8 Å². The molecule has 17 heavy (non-hydrogen) atoms. The van der Waals surface area contributed by atoms with Crippen LogP contribution in [-0.4, -0.2) is 5.78 Å². The lowest BCUT2D eigenvalue weighted by Gasteiger charge is -2.27. The summed E-state index contributed by atoms with van der Waals surface area (Å²) in [7, 11) is 0. The Labute approximate surface area is 103 Å². The van der Waals surface area contributed by atoms with Crippen molar-refractivity contribution in [3.63, 3.8) is 0 Å². The molecule has 2 nitrogen and oxygen atoms in total. The number of benzene rings is 1. The minimum atomic E-state index is -0.163. The normalized spacial score (nSPS) is 19.4. The summed E-state index contributed by atoms with van der Waals surface area (Å²) in [6.07, 6.45) is 4.46. The van der Waals surface area contributed by atoms with Crippen molar-refractivity contribution in [1.82, 2.24) is 0 Å². The molecular formula is C15H21NO. The fourth-order valence-corrected chi connectivity index (χ4v) is 2.33. The molecule has 2 heteroatoms. The zero-order valence-corrected chi connectivity index (χ0v) is 10.4. The lowest BCUT2D eigenvalue weighted by molar-refractivity contribution is -0.124. The molecule has 1 aromatic carbocycles. The highest BCUT2D eigenvalue weighted by atomic mass is 16.1. The zero-order valence-electron chi connectivity index (χ0n) is 10.4. The Hall–Kier alpha value is -1.15. The summed E-state index contributed by atoms with van der Waals surface area (Å²) in [6.45, 7) is 1.96. The standard InChI is InChI=1S/C15H21NO/c1-11(14(17)10-12-6-5-7-12)15(16)13-8-3-2-4-9-13/h2-4,8-9,11-12,15H,5-7,10,16H2,1H3. The summed E-state index contributed by atoms with van der Waals surface area (Å²) in [5.74, 6) is 0.886. The predicted molar refractivity (Wildman–Crippen MR) is 69.5 cm³/mol.